The summed E-state index contributed by atoms with van der Waals surface area (Å²) in [6.45, 7) is 0.151. The first-order valence-corrected chi connectivity index (χ1v) is 19.6. The SMILES string of the molecule is NC(=O)CC1C=CC=CS1(=O)=O.O=C(c1cccc(-c2ccc(C3=Cc4ccc5c(c4CC3)CCc3ccccc3-5)s2)c1)N(O)Cc1ccccc1. The highest BCUT2D eigenvalue weighted by atomic mass is 32.2. The summed E-state index contributed by atoms with van der Waals surface area (Å²) >= 11 is 1.76. The minimum atomic E-state index is -3.29. The van der Waals surface area contributed by atoms with Crippen LogP contribution in [0.3, 0.4) is 0 Å². The number of nitrogens with zero attached hydrogens (tertiary/aromatic N) is 1. The van der Waals surface area contributed by atoms with Crippen LogP contribution in [0.5, 0.6) is 0 Å². The van der Waals surface area contributed by atoms with Gasteiger partial charge in [0.05, 0.1) is 11.8 Å². The molecule has 8 rings (SSSR count). The molecule has 5 aromatic rings. The van der Waals surface area contributed by atoms with Gasteiger partial charge in [-0.3, -0.25) is 14.8 Å². The second kappa shape index (κ2) is 15.1. The van der Waals surface area contributed by atoms with Crippen molar-refractivity contribution >= 4 is 44.6 Å². The molecule has 1 unspecified atom stereocenters. The summed E-state index contributed by atoms with van der Waals surface area (Å²) in [5.41, 5.74) is 17.3. The molecular formula is C43H38N2O5S2. The van der Waals surface area contributed by atoms with E-state index in [1.807, 2.05) is 48.5 Å². The van der Waals surface area contributed by atoms with Gasteiger partial charge in [0.1, 0.15) is 0 Å². The summed E-state index contributed by atoms with van der Waals surface area (Å²) in [5, 5.41) is 11.5. The lowest BCUT2D eigenvalue weighted by molar-refractivity contribution is -0.117. The Morgan fingerprint density at radius 2 is 1.56 bits per heavy atom. The van der Waals surface area contributed by atoms with Crippen LogP contribution in [-0.2, 0) is 40.4 Å². The molecule has 3 aliphatic rings. The maximum absolute atomic E-state index is 12.9. The Kier molecular flexibility index (Phi) is 10.2. The Balaban J connectivity index is 0.000000300. The van der Waals surface area contributed by atoms with Gasteiger partial charge in [-0.05, 0) is 100 Å². The highest BCUT2D eigenvalue weighted by Gasteiger charge is 2.25. The number of nitrogens with two attached hydrogens (primary N) is 1. The van der Waals surface area contributed by atoms with Gasteiger partial charge in [0, 0.05) is 27.1 Å². The monoisotopic (exact) mass is 726 g/mol. The zero-order valence-corrected chi connectivity index (χ0v) is 30.1. The molecule has 0 saturated heterocycles. The van der Waals surface area contributed by atoms with Crippen LogP contribution in [0.4, 0.5) is 0 Å². The molecule has 0 radical (unpaired) electrons. The predicted molar refractivity (Wildman–Crippen MR) is 208 cm³/mol. The van der Waals surface area contributed by atoms with Gasteiger partial charge < -0.3 is 5.73 Å². The molecule has 1 aromatic heterocycles. The average molecular weight is 727 g/mol. The Bertz CT molecular complexity index is 2360. The van der Waals surface area contributed by atoms with E-state index >= 15 is 0 Å². The first-order chi connectivity index (χ1) is 25.2. The zero-order valence-electron chi connectivity index (χ0n) is 28.4. The minimum absolute atomic E-state index is 0.150. The molecule has 2 amide bonds. The third-order valence-corrected chi connectivity index (χ3v) is 12.6. The van der Waals surface area contributed by atoms with Crippen LogP contribution in [0, 0.1) is 0 Å². The molecule has 3 N–H and O–H groups in total. The molecule has 2 heterocycles. The molecule has 0 bridgehead atoms. The summed E-state index contributed by atoms with van der Waals surface area (Å²) < 4.78 is 22.3. The van der Waals surface area contributed by atoms with Crippen LogP contribution in [0.25, 0.3) is 33.2 Å². The molecule has 0 fully saturated rings. The van der Waals surface area contributed by atoms with E-state index in [0.717, 1.165) is 52.2 Å². The number of amides is 2. The third kappa shape index (κ3) is 7.62. The first kappa shape index (κ1) is 35.1. The van der Waals surface area contributed by atoms with E-state index in [0.29, 0.717) is 5.56 Å². The van der Waals surface area contributed by atoms with Crippen LogP contribution in [-0.4, -0.2) is 35.8 Å². The molecule has 0 saturated carbocycles. The topological polar surface area (TPSA) is 118 Å². The van der Waals surface area contributed by atoms with Gasteiger partial charge in [-0.2, -0.15) is 0 Å². The lowest BCUT2D eigenvalue weighted by Gasteiger charge is -2.26. The number of allylic oxidation sites excluding steroid dienone is 3. The molecule has 0 spiro atoms. The number of carbonyl (C=O) groups excluding carboxylic acids is 2. The summed E-state index contributed by atoms with van der Waals surface area (Å²) in [6, 6.07) is 34.8. The third-order valence-electron chi connectivity index (χ3n) is 9.65. The number of carbonyl (C=O) groups is 2. The van der Waals surface area contributed by atoms with Crippen LogP contribution in [0.2, 0.25) is 0 Å². The van der Waals surface area contributed by atoms with Crippen LogP contribution < -0.4 is 5.73 Å². The Morgan fingerprint density at radius 3 is 2.37 bits per heavy atom. The van der Waals surface area contributed by atoms with Gasteiger partial charge in [-0.25, -0.2) is 13.5 Å². The van der Waals surface area contributed by atoms with E-state index in [-0.39, 0.29) is 13.0 Å². The zero-order chi connectivity index (χ0) is 36.2. The number of thiophene rings is 1. The van der Waals surface area contributed by atoms with Crippen molar-refractivity contribution < 1.29 is 23.2 Å². The quantitative estimate of drug-likeness (QED) is 0.129. The van der Waals surface area contributed by atoms with Gasteiger partial charge >= 0.3 is 0 Å². The molecule has 1 atom stereocenters. The molecule has 7 nitrogen and oxygen atoms in total. The molecule has 2 aliphatic carbocycles. The molecule has 9 heteroatoms. The van der Waals surface area contributed by atoms with Crippen molar-refractivity contribution in [3.63, 3.8) is 0 Å². The fourth-order valence-electron chi connectivity index (χ4n) is 7.04. The number of rotatable bonds is 7. The largest absolute Gasteiger partial charge is 0.370 e. The summed E-state index contributed by atoms with van der Waals surface area (Å²) in [7, 11) is -3.29. The average Bonchev–Trinajstić information content (AvgIpc) is 3.66. The number of sulfone groups is 1. The Labute approximate surface area is 307 Å². The highest BCUT2D eigenvalue weighted by molar-refractivity contribution is 7.95. The first-order valence-electron chi connectivity index (χ1n) is 17.2. The van der Waals surface area contributed by atoms with Gasteiger partial charge in [-0.15, -0.1) is 11.3 Å². The van der Waals surface area contributed by atoms with E-state index in [1.165, 1.54) is 56.0 Å². The van der Waals surface area contributed by atoms with Crippen molar-refractivity contribution in [2.24, 2.45) is 5.73 Å². The van der Waals surface area contributed by atoms with E-state index in [4.69, 9.17) is 5.73 Å². The number of primary amides is 1. The standard InChI is InChI=1S/C36H29NO2S.C7H9NO3S/c38-36(37(39)23-24-7-2-1-3-8-24)29-11-6-10-27(22-29)34-19-20-35(40-34)28-15-16-31-26(21-28)14-18-32-30-12-5-4-9-25(30)13-17-33(31)32;8-7(9)5-6-3-1-2-4-12(6,10)11/h1-12,14,18-22,39H,13,15-17,23H2;1-4,6H,5H2,(H2,8,9). The maximum atomic E-state index is 12.9. The smallest absolute Gasteiger partial charge is 0.277 e. The van der Waals surface area contributed by atoms with Crippen molar-refractivity contribution in [3.05, 3.63) is 165 Å². The van der Waals surface area contributed by atoms with E-state index < -0.39 is 26.9 Å². The van der Waals surface area contributed by atoms with Crippen molar-refractivity contribution in [1.82, 2.24) is 5.06 Å². The normalized spacial score (nSPS) is 16.3. The highest BCUT2D eigenvalue weighted by Crippen LogP contribution is 2.42. The number of fused-ring (bicyclic) bond motifs is 5. The van der Waals surface area contributed by atoms with Crippen LogP contribution in [0.15, 0.2) is 127 Å². The minimum Gasteiger partial charge on any atom is -0.370 e. The van der Waals surface area contributed by atoms with Crippen LogP contribution >= 0.6 is 11.3 Å². The van der Waals surface area contributed by atoms with Crippen molar-refractivity contribution in [2.75, 3.05) is 0 Å². The van der Waals surface area contributed by atoms with Crippen molar-refractivity contribution in [3.8, 4) is 21.6 Å². The predicted octanol–water partition coefficient (Wildman–Crippen LogP) is 8.43. The fourth-order valence-corrected chi connectivity index (χ4v) is 9.30. The number of hydrogen-bond donors (Lipinski definition) is 2. The van der Waals surface area contributed by atoms with E-state index in [9.17, 15) is 23.2 Å². The summed E-state index contributed by atoms with van der Waals surface area (Å²) in [5.74, 6) is -1.01. The van der Waals surface area contributed by atoms with Gasteiger partial charge in [0.2, 0.25) is 5.91 Å². The second-order valence-electron chi connectivity index (χ2n) is 13.1. The number of hydroxylamine groups is 2. The van der Waals surface area contributed by atoms with E-state index in [1.54, 1.807) is 23.5 Å². The number of aryl methyl sites for hydroxylation is 1. The second-order valence-corrected chi connectivity index (χ2v) is 16.2. The Morgan fingerprint density at radius 1 is 0.788 bits per heavy atom. The van der Waals surface area contributed by atoms with Crippen LogP contribution in [0.1, 0.15) is 55.9 Å². The van der Waals surface area contributed by atoms with Gasteiger partial charge in [-0.1, -0.05) is 103 Å². The lowest BCUT2D eigenvalue weighted by atomic mass is 9.78. The van der Waals surface area contributed by atoms with Crippen molar-refractivity contribution in [2.45, 2.75) is 43.9 Å². The summed E-state index contributed by atoms with van der Waals surface area (Å²) in [6.07, 6.45) is 11.0. The molecule has 1 aliphatic heterocycles. The number of benzene rings is 4. The van der Waals surface area contributed by atoms with Gasteiger partial charge in [0.25, 0.3) is 5.91 Å². The maximum Gasteiger partial charge on any atom is 0.277 e. The summed E-state index contributed by atoms with van der Waals surface area (Å²) in [4.78, 5) is 25.8. The molecular weight excluding hydrogens is 689 g/mol. The van der Waals surface area contributed by atoms with E-state index in [2.05, 4.69) is 54.6 Å². The van der Waals surface area contributed by atoms with Crippen molar-refractivity contribution in [1.29, 1.82) is 0 Å². The fraction of sp³-hybridized carbons (Fsp3) is 0.163. The molecule has 52 heavy (non-hydrogen) atoms. The Hall–Kier alpha value is -5.35. The van der Waals surface area contributed by atoms with Gasteiger partial charge in [0.15, 0.2) is 9.84 Å². The lowest BCUT2D eigenvalue weighted by Crippen LogP contribution is -2.26. The molecule has 262 valence electrons. The number of hydrogen-bond acceptors (Lipinski definition) is 6. The molecule has 4 aromatic carbocycles.